The van der Waals surface area contributed by atoms with Crippen molar-refractivity contribution >= 4 is 25.4 Å². The third kappa shape index (κ3) is 5.69. The normalized spacial score (nSPS) is 10.7. The van der Waals surface area contributed by atoms with Gasteiger partial charge < -0.3 is 0 Å². The molecule has 0 heterocycles. The van der Waals surface area contributed by atoms with Gasteiger partial charge in [0.2, 0.25) is 0 Å². The van der Waals surface area contributed by atoms with Gasteiger partial charge in [-0.05, 0) is 0 Å². The SMILES string of the molecule is COCOc1cc(OC(F)F)cc(C[Se]c2ccccc2)c1C(=O)OC. The van der Waals surface area contributed by atoms with Crippen LogP contribution in [0.25, 0.3) is 0 Å². The summed E-state index contributed by atoms with van der Waals surface area (Å²) in [5, 5.41) is 0.477. The van der Waals surface area contributed by atoms with Gasteiger partial charge in [0.25, 0.3) is 0 Å². The number of carbonyl (C=O) groups is 1. The monoisotopic (exact) mass is 432 g/mol. The molecule has 140 valence electrons. The molecule has 0 aliphatic carbocycles. The van der Waals surface area contributed by atoms with E-state index in [1.165, 1.54) is 26.4 Å². The second-order valence-corrected chi connectivity index (χ2v) is 7.18. The number of esters is 1. The van der Waals surface area contributed by atoms with Crippen LogP contribution in [-0.2, 0) is 14.8 Å². The van der Waals surface area contributed by atoms with Crippen molar-refractivity contribution in [1.29, 1.82) is 0 Å². The molecule has 0 N–H and O–H groups in total. The van der Waals surface area contributed by atoms with Crippen molar-refractivity contribution in [3.05, 3.63) is 53.6 Å². The van der Waals surface area contributed by atoms with E-state index in [1.54, 1.807) is 0 Å². The molecule has 0 atom stereocenters. The molecule has 2 aromatic carbocycles. The summed E-state index contributed by atoms with van der Waals surface area (Å²) in [6.07, 6.45) is 0. The zero-order chi connectivity index (χ0) is 18.9. The Bertz CT molecular complexity index is 725. The van der Waals surface area contributed by atoms with Crippen LogP contribution in [0.3, 0.4) is 0 Å². The molecule has 2 aromatic rings. The second kappa shape index (κ2) is 10.1. The Hall–Kier alpha value is -2.15. The van der Waals surface area contributed by atoms with Gasteiger partial charge in [-0.2, -0.15) is 0 Å². The van der Waals surface area contributed by atoms with Crippen molar-refractivity contribution in [2.45, 2.75) is 11.9 Å². The fraction of sp³-hybridized carbons (Fsp3) is 0.278. The molecule has 0 aromatic heterocycles. The van der Waals surface area contributed by atoms with Gasteiger partial charge in [-0.25, -0.2) is 0 Å². The molecule has 0 aliphatic heterocycles. The molecule has 0 saturated heterocycles. The quantitative estimate of drug-likeness (QED) is 0.347. The fourth-order valence-corrected chi connectivity index (χ4v) is 4.06. The summed E-state index contributed by atoms with van der Waals surface area (Å²) in [4.78, 5) is 12.2. The molecular weight excluding hydrogens is 413 g/mol. The van der Waals surface area contributed by atoms with Gasteiger partial charge >= 0.3 is 156 Å². The van der Waals surface area contributed by atoms with Gasteiger partial charge in [-0.1, -0.05) is 0 Å². The third-order valence-electron chi connectivity index (χ3n) is 3.24. The number of halogens is 2. The molecule has 0 fully saturated rings. The molecular formula is C18H18F2O5Se. The summed E-state index contributed by atoms with van der Waals surface area (Å²) in [7, 11) is 2.66. The number of hydrogen-bond acceptors (Lipinski definition) is 5. The number of methoxy groups -OCH3 is 2. The van der Waals surface area contributed by atoms with Crippen LogP contribution in [0, 0.1) is 0 Å². The van der Waals surface area contributed by atoms with Gasteiger partial charge in [0.1, 0.15) is 0 Å². The summed E-state index contributed by atoms with van der Waals surface area (Å²) >= 11 is -0.0218. The first-order valence-electron chi connectivity index (χ1n) is 7.54. The molecule has 0 saturated carbocycles. The van der Waals surface area contributed by atoms with E-state index in [0.717, 1.165) is 4.46 Å². The number of rotatable bonds is 9. The molecule has 5 nitrogen and oxygen atoms in total. The first kappa shape index (κ1) is 20.2. The van der Waals surface area contributed by atoms with Gasteiger partial charge in [0.15, 0.2) is 0 Å². The number of alkyl halides is 2. The van der Waals surface area contributed by atoms with Crippen molar-refractivity contribution in [1.82, 2.24) is 0 Å². The summed E-state index contributed by atoms with van der Waals surface area (Å²) in [6, 6.07) is 12.3. The molecule has 26 heavy (non-hydrogen) atoms. The van der Waals surface area contributed by atoms with E-state index in [-0.39, 0.29) is 38.8 Å². The molecule has 0 spiro atoms. The summed E-state index contributed by atoms with van der Waals surface area (Å²) in [5.74, 6) is -0.619. The molecule has 0 bridgehead atoms. The zero-order valence-corrected chi connectivity index (χ0v) is 16.0. The minimum absolute atomic E-state index is 0.0218. The third-order valence-corrected chi connectivity index (χ3v) is 5.47. The zero-order valence-electron chi connectivity index (χ0n) is 14.2. The van der Waals surface area contributed by atoms with Crippen LogP contribution in [0.2, 0.25) is 0 Å². The van der Waals surface area contributed by atoms with Crippen molar-refractivity contribution < 1.29 is 32.5 Å². The van der Waals surface area contributed by atoms with Crippen LogP contribution in [-0.4, -0.2) is 48.6 Å². The Balaban J connectivity index is 2.40. The van der Waals surface area contributed by atoms with E-state index in [4.69, 9.17) is 14.2 Å². The Morgan fingerprint density at radius 2 is 1.88 bits per heavy atom. The summed E-state index contributed by atoms with van der Waals surface area (Å²) in [6.45, 7) is -3.13. The van der Waals surface area contributed by atoms with Gasteiger partial charge in [-0.15, -0.1) is 0 Å². The minimum atomic E-state index is -2.98. The van der Waals surface area contributed by atoms with Crippen molar-refractivity contribution in [3.8, 4) is 11.5 Å². The van der Waals surface area contributed by atoms with Crippen LogP contribution >= 0.6 is 0 Å². The Kier molecular flexibility index (Phi) is 7.84. The molecule has 0 radical (unpaired) electrons. The van der Waals surface area contributed by atoms with E-state index < -0.39 is 12.6 Å². The molecule has 8 heteroatoms. The molecule has 0 amide bonds. The van der Waals surface area contributed by atoms with E-state index in [1.807, 2.05) is 30.3 Å². The Morgan fingerprint density at radius 3 is 2.50 bits per heavy atom. The summed E-state index contributed by atoms with van der Waals surface area (Å²) in [5.41, 5.74) is 0.703. The Labute approximate surface area is 156 Å². The number of ether oxygens (including phenoxy) is 4. The van der Waals surface area contributed by atoms with Crippen LogP contribution in [0.5, 0.6) is 11.5 Å². The van der Waals surface area contributed by atoms with Crippen LogP contribution < -0.4 is 13.9 Å². The van der Waals surface area contributed by atoms with E-state index >= 15 is 0 Å². The number of hydrogen-bond donors (Lipinski definition) is 0. The van der Waals surface area contributed by atoms with E-state index in [9.17, 15) is 13.6 Å². The average Bonchev–Trinajstić information content (AvgIpc) is 2.64. The van der Waals surface area contributed by atoms with Crippen LogP contribution in [0.15, 0.2) is 42.5 Å². The predicted molar refractivity (Wildman–Crippen MR) is 92.5 cm³/mol. The summed E-state index contributed by atoms with van der Waals surface area (Å²) < 4.78 is 45.9. The van der Waals surface area contributed by atoms with Crippen molar-refractivity contribution in [2.24, 2.45) is 0 Å². The van der Waals surface area contributed by atoms with Gasteiger partial charge in [-0.3, -0.25) is 0 Å². The van der Waals surface area contributed by atoms with Crippen molar-refractivity contribution in [2.75, 3.05) is 21.0 Å². The van der Waals surface area contributed by atoms with Crippen LogP contribution in [0.4, 0.5) is 8.78 Å². The molecule has 0 unspecified atom stereocenters. The maximum atomic E-state index is 12.6. The van der Waals surface area contributed by atoms with Crippen molar-refractivity contribution in [3.63, 3.8) is 0 Å². The van der Waals surface area contributed by atoms with Gasteiger partial charge in [0.05, 0.1) is 0 Å². The number of benzene rings is 2. The molecule has 0 aliphatic rings. The predicted octanol–water partition coefficient (Wildman–Crippen LogP) is 2.59. The average molecular weight is 431 g/mol. The topological polar surface area (TPSA) is 54.0 Å². The second-order valence-electron chi connectivity index (χ2n) is 4.98. The van der Waals surface area contributed by atoms with E-state index in [0.29, 0.717) is 10.9 Å². The van der Waals surface area contributed by atoms with Crippen LogP contribution in [0.1, 0.15) is 15.9 Å². The first-order valence-corrected chi connectivity index (χ1v) is 9.61. The van der Waals surface area contributed by atoms with Gasteiger partial charge in [0, 0.05) is 0 Å². The maximum absolute atomic E-state index is 12.6. The molecule has 2 rings (SSSR count). The first-order chi connectivity index (χ1) is 12.5. The number of carbonyl (C=O) groups excluding carboxylic acids is 1. The Morgan fingerprint density at radius 1 is 1.15 bits per heavy atom. The standard InChI is InChI=1S/C18H18F2O5Se/c1-22-11-24-15-9-13(25-18(19)20)8-12(16(15)17(21)23-2)10-26-14-6-4-3-5-7-14/h3-9,18H,10-11H2,1-2H3. The van der Waals surface area contributed by atoms with E-state index in [2.05, 4.69) is 4.74 Å². The fourth-order valence-electron chi connectivity index (χ4n) is 2.18.